The molecular formula is C26H33N3O9S. The second-order valence-electron chi connectivity index (χ2n) is 9.78. The van der Waals surface area contributed by atoms with Crippen LogP contribution in [-0.4, -0.2) is 89.4 Å². The Bertz CT molecular complexity index is 1130. The van der Waals surface area contributed by atoms with Crippen molar-refractivity contribution >= 4 is 29.7 Å². The first-order chi connectivity index (χ1) is 18.4. The monoisotopic (exact) mass is 563 g/mol. The molecule has 2 bridgehead atoms. The molecular weight excluding hydrogens is 530 g/mol. The molecule has 4 rings (SSSR count). The van der Waals surface area contributed by atoms with Crippen molar-refractivity contribution in [1.29, 1.82) is 0 Å². The highest BCUT2D eigenvalue weighted by Crippen LogP contribution is 2.46. The lowest BCUT2D eigenvalue weighted by Gasteiger charge is -2.44. The minimum absolute atomic E-state index is 0.404. The number of rotatable bonds is 10. The van der Waals surface area contributed by atoms with E-state index in [0.717, 1.165) is 54.3 Å². The molecule has 39 heavy (non-hydrogen) atoms. The molecule has 1 aromatic carbocycles. The summed E-state index contributed by atoms with van der Waals surface area (Å²) in [7, 11) is 1.66. The van der Waals surface area contributed by atoms with Crippen LogP contribution in [0.5, 0.6) is 5.75 Å². The lowest BCUT2D eigenvalue weighted by molar-refractivity contribution is -0.170. The summed E-state index contributed by atoms with van der Waals surface area (Å²) in [6, 6.07) is 8.69. The van der Waals surface area contributed by atoms with Crippen LogP contribution in [0.1, 0.15) is 49.7 Å². The summed E-state index contributed by atoms with van der Waals surface area (Å²) in [5.74, 6) is -4.19. The van der Waals surface area contributed by atoms with Crippen molar-refractivity contribution in [3.8, 4) is 5.75 Å². The zero-order chi connectivity index (χ0) is 28.8. The summed E-state index contributed by atoms with van der Waals surface area (Å²) in [5.41, 5.74) is -1.33. The lowest BCUT2D eigenvalue weighted by Crippen LogP contribution is -2.49. The van der Waals surface area contributed by atoms with Crippen molar-refractivity contribution < 1.29 is 44.7 Å². The van der Waals surface area contributed by atoms with Gasteiger partial charge in [-0.3, -0.25) is 14.5 Å². The molecule has 212 valence electrons. The smallest absolute Gasteiger partial charge is 0.336 e. The maximum atomic E-state index is 11.3. The van der Waals surface area contributed by atoms with E-state index in [0.29, 0.717) is 12.1 Å². The third kappa shape index (κ3) is 7.66. The van der Waals surface area contributed by atoms with E-state index in [4.69, 9.17) is 25.2 Å². The zero-order valence-corrected chi connectivity index (χ0v) is 22.5. The van der Waals surface area contributed by atoms with Crippen molar-refractivity contribution in [2.24, 2.45) is 0 Å². The van der Waals surface area contributed by atoms with Gasteiger partial charge in [-0.15, -0.1) is 0 Å². The number of carboxylic acids is 3. The molecule has 2 atom stereocenters. The summed E-state index contributed by atoms with van der Waals surface area (Å²) >= 11 is 1.56. The van der Waals surface area contributed by atoms with Gasteiger partial charge >= 0.3 is 17.9 Å². The Balaban J connectivity index is 0.000000276. The van der Waals surface area contributed by atoms with Crippen molar-refractivity contribution in [1.82, 2.24) is 14.9 Å². The summed E-state index contributed by atoms with van der Waals surface area (Å²) < 4.78 is 5.24. The van der Waals surface area contributed by atoms with Gasteiger partial charge in [0.2, 0.25) is 0 Å². The molecule has 1 aromatic heterocycles. The summed E-state index contributed by atoms with van der Waals surface area (Å²) in [6.07, 6.45) is 7.41. The number of hydrogen-bond donors (Lipinski definition) is 5. The molecule has 12 nitrogen and oxygen atoms in total. The third-order valence-electron chi connectivity index (χ3n) is 7.06. The van der Waals surface area contributed by atoms with Crippen LogP contribution < -0.4 is 4.74 Å². The number of aromatic nitrogens is 2. The second kappa shape index (κ2) is 12.7. The third-order valence-corrected chi connectivity index (χ3v) is 7.64. The van der Waals surface area contributed by atoms with E-state index in [1.165, 1.54) is 0 Å². The Kier molecular flexibility index (Phi) is 9.88. The van der Waals surface area contributed by atoms with Crippen molar-refractivity contribution in [3.63, 3.8) is 0 Å². The van der Waals surface area contributed by atoms with Crippen LogP contribution in [0.3, 0.4) is 0 Å². The summed E-state index contributed by atoms with van der Waals surface area (Å²) in [5, 5.41) is 46.0. The normalized spacial score (nSPS) is 22.5. The first kappa shape index (κ1) is 30.3. The number of methoxy groups -OCH3 is 1. The molecule has 3 heterocycles. The largest absolute Gasteiger partial charge is 0.497 e. The predicted octanol–water partition coefficient (Wildman–Crippen LogP) is 1.97. The average Bonchev–Trinajstić information content (AvgIpc) is 3.12. The van der Waals surface area contributed by atoms with E-state index in [1.54, 1.807) is 18.9 Å². The molecule has 0 radical (unpaired) electrons. The number of piperidine rings is 1. The number of thioether (sulfide) groups is 1. The van der Waals surface area contributed by atoms with Crippen LogP contribution in [0, 0.1) is 0 Å². The van der Waals surface area contributed by atoms with Gasteiger partial charge in [0.25, 0.3) is 0 Å². The van der Waals surface area contributed by atoms with Crippen LogP contribution >= 0.6 is 11.8 Å². The summed E-state index contributed by atoms with van der Waals surface area (Å²) in [4.78, 5) is 41.8. The Morgan fingerprint density at radius 1 is 1.03 bits per heavy atom. The van der Waals surface area contributed by atoms with Crippen LogP contribution in [0.4, 0.5) is 0 Å². The molecule has 2 aromatic rings. The van der Waals surface area contributed by atoms with Gasteiger partial charge in [-0.2, -0.15) is 0 Å². The molecule has 2 aliphatic rings. The Morgan fingerprint density at radius 3 is 1.95 bits per heavy atom. The molecule has 2 saturated heterocycles. The Hall–Kier alpha value is -3.26. The molecule has 0 amide bonds. The predicted molar refractivity (Wildman–Crippen MR) is 139 cm³/mol. The molecule has 0 aliphatic carbocycles. The first-order valence-corrected chi connectivity index (χ1v) is 13.5. The fraction of sp³-hybridized carbons (Fsp3) is 0.500. The molecule has 2 fully saturated rings. The molecule has 0 saturated carbocycles. The number of hydrogen-bond acceptors (Lipinski definition) is 10. The van der Waals surface area contributed by atoms with Crippen molar-refractivity contribution in [2.75, 3.05) is 13.4 Å². The molecule has 2 unspecified atom stereocenters. The van der Waals surface area contributed by atoms with Gasteiger partial charge in [-0.05, 0) is 49.6 Å². The van der Waals surface area contributed by atoms with E-state index in [9.17, 15) is 19.5 Å². The number of fused-ring (bicyclic) bond motifs is 2. The standard InChI is InChI=1S/C20H25N3O2S.C6H8O7/c1-25-18-7-3-15(4-8-18)20(24)9-16-5-6-17(10-20)23(16)13-14-11-21-19(26-2)22-12-14;7-3(8)1-6(13,5(11)12)2-4(9)10/h3-4,7-8,11-12,16-17,24H,5-6,9-10,13H2,1-2H3;13H,1-2H2,(H,7,8)(H,9,10)(H,11,12). The minimum atomic E-state index is -2.74. The number of aliphatic carboxylic acids is 3. The maximum Gasteiger partial charge on any atom is 0.336 e. The highest BCUT2D eigenvalue weighted by atomic mass is 32.2. The number of carboxylic acid groups (broad SMARTS) is 3. The number of aliphatic hydroxyl groups is 2. The molecule has 2 aliphatic heterocycles. The van der Waals surface area contributed by atoms with Gasteiger partial charge in [0.1, 0.15) is 5.75 Å². The SMILES string of the molecule is COc1ccc(C2(O)CC3CCC(C2)N3Cc2cnc(SC)nc2)cc1.O=C(O)CC(O)(CC(=O)O)C(=O)O. The number of ether oxygens (including phenoxy) is 1. The van der Waals surface area contributed by atoms with Crippen LogP contribution in [0.15, 0.2) is 41.8 Å². The first-order valence-electron chi connectivity index (χ1n) is 12.3. The molecule has 0 spiro atoms. The highest BCUT2D eigenvalue weighted by molar-refractivity contribution is 7.98. The Morgan fingerprint density at radius 2 is 1.54 bits per heavy atom. The summed E-state index contributed by atoms with van der Waals surface area (Å²) in [6.45, 7) is 0.864. The molecule has 13 heteroatoms. The van der Waals surface area contributed by atoms with E-state index in [-0.39, 0.29) is 0 Å². The van der Waals surface area contributed by atoms with Crippen LogP contribution in [-0.2, 0) is 26.5 Å². The highest BCUT2D eigenvalue weighted by Gasteiger charge is 2.48. The van der Waals surface area contributed by atoms with Gasteiger partial charge in [-0.1, -0.05) is 23.9 Å². The van der Waals surface area contributed by atoms with Gasteiger partial charge in [0.05, 0.1) is 25.6 Å². The number of carbonyl (C=O) groups is 3. The van der Waals surface area contributed by atoms with Gasteiger partial charge < -0.3 is 30.3 Å². The topological polar surface area (TPSA) is 191 Å². The van der Waals surface area contributed by atoms with E-state index >= 15 is 0 Å². The van der Waals surface area contributed by atoms with Gasteiger partial charge in [0, 0.05) is 36.6 Å². The maximum absolute atomic E-state index is 11.3. The van der Waals surface area contributed by atoms with E-state index < -0.39 is 42.0 Å². The van der Waals surface area contributed by atoms with Gasteiger partial charge in [0.15, 0.2) is 10.8 Å². The lowest BCUT2D eigenvalue weighted by atomic mass is 9.80. The minimum Gasteiger partial charge on any atom is -0.497 e. The van der Waals surface area contributed by atoms with E-state index in [2.05, 4.69) is 14.9 Å². The van der Waals surface area contributed by atoms with E-state index in [1.807, 2.05) is 42.9 Å². The fourth-order valence-corrected chi connectivity index (χ4v) is 5.48. The zero-order valence-electron chi connectivity index (χ0n) is 21.7. The fourth-order valence-electron chi connectivity index (χ4n) is 5.17. The van der Waals surface area contributed by atoms with Crippen LogP contribution in [0.25, 0.3) is 0 Å². The van der Waals surface area contributed by atoms with Gasteiger partial charge in [-0.25, -0.2) is 14.8 Å². The second-order valence-corrected chi connectivity index (χ2v) is 10.6. The molecule has 5 N–H and O–H groups in total. The average molecular weight is 564 g/mol. The Labute approximate surface area is 229 Å². The van der Waals surface area contributed by atoms with Crippen molar-refractivity contribution in [3.05, 3.63) is 47.8 Å². The quantitative estimate of drug-likeness (QED) is 0.208. The number of benzene rings is 1. The van der Waals surface area contributed by atoms with Crippen LogP contribution in [0.2, 0.25) is 0 Å². The van der Waals surface area contributed by atoms with Crippen molar-refractivity contribution in [2.45, 2.75) is 73.5 Å². The number of nitrogens with zero attached hydrogens (tertiary/aromatic N) is 3.